The zero-order chi connectivity index (χ0) is 11.3. The van der Waals surface area contributed by atoms with Gasteiger partial charge < -0.3 is 10.1 Å². The fraction of sp³-hybridized carbons (Fsp3) is 0.636. The number of aromatic nitrogens is 2. The van der Waals surface area contributed by atoms with E-state index in [1.807, 2.05) is 6.07 Å². The van der Waals surface area contributed by atoms with Crippen LogP contribution in [0.15, 0.2) is 18.5 Å². The number of halogens is 1. The summed E-state index contributed by atoms with van der Waals surface area (Å²) >= 11 is 6.04. The van der Waals surface area contributed by atoms with Gasteiger partial charge in [-0.1, -0.05) is 0 Å². The average Bonchev–Trinajstić information content (AvgIpc) is 2.39. The van der Waals surface area contributed by atoms with Gasteiger partial charge in [-0.15, -0.1) is 11.6 Å². The van der Waals surface area contributed by atoms with Crippen molar-refractivity contribution in [1.82, 2.24) is 15.3 Å². The Morgan fingerprint density at radius 1 is 1.31 bits per heavy atom. The molecule has 1 aromatic heterocycles. The Morgan fingerprint density at radius 3 is 2.62 bits per heavy atom. The van der Waals surface area contributed by atoms with E-state index in [0.29, 0.717) is 12.4 Å². The van der Waals surface area contributed by atoms with Crippen molar-refractivity contribution in [2.75, 3.05) is 19.1 Å². The van der Waals surface area contributed by atoms with Gasteiger partial charge in [0.2, 0.25) is 0 Å². The van der Waals surface area contributed by atoms with Crippen LogP contribution in [0, 0.1) is 0 Å². The first-order valence-corrected chi connectivity index (χ1v) is 6.03. The maximum absolute atomic E-state index is 6.04. The van der Waals surface area contributed by atoms with Gasteiger partial charge in [0, 0.05) is 37.0 Å². The zero-order valence-electron chi connectivity index (χ0n) is 9.16. The fourth-order valence-corrected chi connectivity index (χ4v) is 2.17. The molecule has 0 aromatic carbocycles. The van der Waals surface area contributed by atoms with E-state index in [2.05, 4.69) is 15.3 Å². The Bertz CT molecular complexity index is 314. The smallest absolute Gasteiger partial charge is 0.141 e. The van der Waals surface area contributed by atoms with Gasteiger partial charge >= 0.3 is 0 Å². The highest BCUT2D eigenvalue weighted by Crippen LogP contribution is 2.22. The second kappa shape index (κ2) is 5.57. The predicted octanol–water partition coefficient (Wildman–Crippen LogP) is 1.35. The number of nitrogens with one attached hydrogen (secondary N) is 1. The number of ether oxygens (including phenoxy) is 1. The van der Waals surface area contributed by atoms with E-state index in [1.165, 1.54) is 0 Å². The Morgan fingerprint density at radius 2 is 2.00 bits per heavy atom. The lowest BCUT2D eigenvalue weighted by atomic mass is 9.92. The first kappa shape index (κ1) is 11.8. The molecule has 1 aliphatic rings. The molecule has 0 aliphatic carbocycles. The van der Waals surface area contributed by atoms with Crippen molar-refractivity contribution in [3.8, 4) is 0 Å². The number of hydrogen-bond acceptors (Lipinski definition) is 4. The lowest BCUT2D eigenvalue weighted by Crippen LogP contribution is -2.50. The third-order valence-electron chi connectivity index (χ3n) is 2.95. The summed E-state index contributed by atoms with van der Waals surface area (Å²) in [7, 11) is 0. The monoisotopic (exact) mass is 241 g/mol. The highest BCUT2D eigenvalue weighted by molar-refractivity contribution is 6.18. The number of alkyl halides is 1. The highest BCUT2D eigenvalue weighted by atomic mass is 35.5. The summed E-state index contributed by atoms with van der Waals surface area (Å²) in [4.78, 5) is 8.36. The van der Waals surface area contributed by atoms with Gasteiger partial charge in [0.25, 0.3) is 0 Å². The van der Waals surface area contributed by atoms with Crippen LogP contribution in [-0.4, -0.2) is 34.6 Å². The van der Waals surface area contributed by atoms with Crippen LogP contribution >= 0.6 is 11.6 Å². The van der Waals surface area contributed by atoms with Gasteiger partial charge in [-0.05, 0) is 18.9 Å². The molecule has 16 heavy (non-hydrogen) atoms. The molecule has 1 N–H and O–H groups in total. The molecule has 1 aromatic rings. The van der Waals surface area contributed by atoms with Crippen molar-refractivity contribution >= 4 is 11.6 Å². The zero-order valence-corrected chi connectivity index (χ0v) is 9.91. The Hall–Kier alpha value is -0.710. The Labute approximate surface area is 100 Å². The molecule has 0 radical (unpaired) electrons. The van der Waals surface area contributed by atoms with Crippen LogP contribution in [0.2, 0.25) is 0 Å². The van der Waals surface area contributed by atoms with E-state index in [1.54, 1.807) is 12.4 Å². The molecular weight excluding hydrogens is 226 g/mol. The second-order valence-corrected chi connectivity index (χ2v) is 4.31. The minimum absolute atomic E-state index is 0.0149. The van der Waals surface area contributed by atoms with Crippen molar-refractivity contribution in [2.24, 2.45) is 0 Å². The molecular formula is C11H16ClN3O. The molecule has 4 nitrogen and oxygen atoms in total. The summed E-state index contributed by atoms with van der Waals surface area (Å²) in [5.41, 5.74) is -0.0149. The molecule has 88 valence electrons. The van der Waals surface area contributed by atoms with E-state index in [-0.39, 0.29) is 5.54 Å². The van der Waals surface area contributed by atoms with E-state index < -0.39 is 0 Å². The van der Waals surface area contributed by atoms with Crippen LogP contribution in [0.4, 0.5) is 0 Å². The molecule has 0 atom stereocenters. The van der Waals surface area contributed by atoms with E-state index in [4.69, 9.17) is 16.3 Å². The third-order valence-corrected chi connectivity index (χ3v) is 3.46. The van der Waals surface area contributed by atoms with Gasteiger partial charge in [0.1, 0.15) is 5.82 Å². The number of nitrogens with zero attached hydrogens (tertiary/aromatic N) is 2. The maximum atomic E-state index is 6.04. The molecule has 0 spiro atoms. The van der Waals surface area contributed by atoms with Crippen LogP contribution in [0.3, 0.4) is 0 Å². The van der Waals surface area contributed by atoms with Crippen molar-refractivity contribution in [1.29, 1.82) is 0 Å². The summed E-state index contributed by atoms with van der Waals surface area (Å²) in [5.74, 6) is 1.40. The van der Waals surface area contributed by atoms with Crippen molar-refractivity contribution in [2.45, 2.75) is 24.9 Å². The molecule has 0 unspecified atom stereocenters. The molecule has 1 aliphatic heterocycles. The number of rotatable bonds is 4. The van der Waals surface area contributed by atoms with E-state index >= 15 is 0 Å². The number of hydrogen-bond donors (Lipinski definition) is 1. The van der Waals surface area contributed by atoms with Gasteiger partial charge in [-0.25, -0.2) is 9.97 Å². The average molecular weight is 242 g/mol. The summed E-state index contributed by atoms with van der Waals surface area (Å²) < 4.78 is 5.35. The summed E-state index contributed by atoms with van der Waals surface area (Å²) in [5, 5.41) is 3.46. The van der Waals surface area contributed by atoms with Crippen LogP contribution in [0.1, 0.15) is 18.7 Å². The lowest BCUT2D eigenvalue weighted by molar-refractivity contribution is 0.0456. The first-order chi connectivity index (χ1) is 7.85. The van der Waals surface area contributed by atoms with Crippen LogP contribution in [0.5, 0.6) is 0 Å². The third kappa shape index (κ3) is 2.90. The maximum Gasteiger partial charge on any atom is 0.141 e. The van der Waals surface area contributed by atoms with Crippen LogP contribution < -0.4 is 5.32 Å². The van der Waals surface area contributed by atoms with Gasteiger partial charge in [0.15, 0.2) is 0 Å². The van der Waals surface area contributed by atoms with E-state index in [0.717, 1.165) is 31.9 Å². The molecule has 5 heteroatoms. The minimum atomic E-state index is -0.0149. The standard InChI is InChI=1S/C11H16ClN3O/c12-9-11(2-6-16-7-3-11)15-8-10-13-4-1-5-14-10/h1,4-5,15H,2-3,6-9H2. The van der Waals surface area contributed by atoms with Gasteiger partial charge in [-0.2, -0.15) is 0 Å². The van der Waals surface area contributed by atoms with Crippen molar-refractivity contribution in [3.63, 3.8) is 0 Å². The second-order valence-electron chi connectivity index (χ2n) is 4.04. The van der Waals surface area contributed by atoms with E-state index in [9.17, 15) is 0 Å². The molecule has 2 rings (SSSR count). The summed E-state index contributed by atoms with van der Waals surface area (Å²) in [6.07, 6.45) is 5.40. The Balaban J connectivity index is 1.92. The van der Waals surface area contributed by atoms with Gasteiger partial charge in [-0.3, -0.25) is 0 Å². The van der Waals surface area contributed by atoms with Gasteiger partial charge in [0.05, 0.1) is 6.54 Å². The topological polar surface area (TPSA) is 47.0 Å². The lowest BCUT2D eigenvalue weighted by Gasteiger charge is -2.36. The molecule has 2 heterocycles. The predicted molar refractivity (Wildman–Crippen MR) is 62.4 cm³/mol. The molecule has 0 bridgehead atoms. The molecule has 1 saturated heterocycles. The minimum Gasteiger partial charge on any atom is -0.381 e. The molecule has 1 fully saturated rings. The van der Waals surface area contributed by atoms with Crippen LogP contribution in [0.25, 0.3) is 0 Å². The largest absolute Gasteiger partial charge is 0.381 e. The fourth-order valence-electron chi connectivity index (χ4n) is 1.81. The highest BCUT2D eigenvalue weighted by Gasteiger charge is 2.31. The molecule has 0 amide bonds. The van der Waals surface area contributed by atoms with Crippen molar-refractivity contribution in [3.05, 3.63) is 24.3 Å². The SMILES string of the molecule is ClCC1(NCc2ncccn2)CCOCC1. The summed E-state index contributed by atoms with van der Waals surface area (Å²) in [6.45, 7) is 2.21. The Kier molecular flexibility index (Phi) is 4.09. The normalized spacial score (nSPS) is 19.6. The summed E-state index contributed by atoms with van der Waals surface area (Å²) in [6, 6.07) is 1.81. The van der Waals surface area contributed by atoms with Crippen molar-refractivity contribution < 1.29 is 4.74 Å². The first-order valence-electron chi connectivity index (χ1n) is 5.49. The quantitative estimate of drug-likeness (QED) is 0.809. The van der Waals surface area contributed by atoms with Crippen LogP contribution in [-0.2, 0) is 11.3 Å². The molecule has 0 saturated carbocycles.